The maximum absolute atomic E-state index is 12.5. The molecular weight excluding hydrogens is 422 g/mol. The Morgan fingerprint density at radius 3 is 2.29 bits per heavy atom. The summed E-state index contributed by atoms with van der Waals surface area (Å²) < 4.78 is 10.3. The lowest BCUT2D eigenvalue weighted by Crippen LogP contribution is -2.30. The molecule has 1 saturated heterocycles. The van der Waals surface area contributed by atoms with Gasteiger partial charge in [-0.2, -0.15) is 0 Å². The van der Waals surface area contributed by atoms with Crippen LogP contribution in [-0.2, 0) is 19.1 Å². The number of rotatable bonds is 7. The number of anilines is 1. The molecule has 0 bridgehead atoms. The lowest BCUT2D eigenvalue weighted by atomic mass is 10.1. The summed E-state index contributed by atoms with van der Waals surface area (Å²) in [5.41, 5.74) is 1.33. The Morgan fingerprint density at radius 2 is 1.68 bits per heavy atom. The van der Waals surface area contributed by atoms with Gasteiger partial charge in [-0.05, 0) is 62.4 Å². The van der Waals surface area contributed by atoms with Gasteiger partial charge in [0.15, 0.2) is 6.10 Å². The molecule has 2 atom stereocenters. The predicted octanol–water partition coefficient (Wildman–Crippen LogP) is 3.68. The van der Waals surface area contributed by atoms with Crippen LogP contribution in [0.25, 0.3) is 0 Å². The molecule has 3 rings (SSSR count). The zero-order chi connectivity index (χ0) is 22.5. The van der Waals surface area contributed by atoms with Gasteiger partial charge in [0.2, 0.25) is 11.7 Å². The zero-order valence-corrected chi connectivity index (χ0v) is 17.9. The molecule has 0 radical (unpaired) electrons. The molecular formula is C23H22ClNO6. The number of Topliss-reactive ketones (excluding diaryl/α,β-unsaturated/α-hetero) is 1. The van der Waals surface area contributed by atoms with Crippen molar-refractivity contribution in [3.05, 3.63) is 64.7 Å². The van der Waals surface area contributed by atoms with E-state index >= 15 is 0 Å². The van der Waals surface area contributed by atoms with E-state index in [0.29, 0.717) is 21.8 Å². The summed E-state index contributed by atoms with van der Waals surface area (Å²) in [5.74, 6) is -2.31. The Bertz CT molecular complexity index is 986. The van der Waals surface area contributed by atoms with Crippen LogP contribution in [0, 0.1) is 5.92 Å². The van der Waals surface area contributed by atoms with Gasteiger partial charge in [0.25, 0.3) is 0 Å². The molecule has 1 fully saturated rings. The largest absolute Gasteiger partial charge is 0.462 e. The quantitative estimate of drug-likeness (QED) is 0.479. The van der Waals surface area contributed by atoms with Crippen LogP contribution >= 0.6 is 11.6 Å². The number of carbonyl (C=O) groups excluding carboxylic acids is 4. The maximum Gasteiger partial charge on any atom is 0.338 e. The van der Waals surface area contributed by atoms with E-state index in [1.54, 1.807) is 55.5 Å². The molecule has 1 amide bonds. The first-order valence-electron chi connectivity index (χ1n) is 9.88. The minimum Gasteiger partial charge on any atom is -0.462 e. The summed E-state index contributed by atoms with van der Waals surface area (Å²) in [5, 5.41) is 0.501. The molecule has 1 aliphatic heterocycles. The second-order valence-electron chi connectivity index (χ2n) is 7.12. The van der Waals surface area contributed by atoms with Crippen LogP contribution < -0.4 is 4.90 Å². The van der Waals surface area contributed by atoms with Crippen molar-refractivity contribution in [3.63, 3.8) is 0 Å². The Kier molecular flexibility index (Phi) is 7.07. The molecule has 0 spiro atoms. The van der Waals surface area contributed by atoms with E-state index in [9.17, 15) is 19.2 Å². The first-order chi connectivity index (χ1) is 14.8. The molecule has 0 unspecified atom stereocenters. The molecule has 0 saturated carbocycles. The first-order valence-corrected chi connectivity index (χ1v) is 10.3. The molecule has 8 heteroatoms. The second kappa shape index (κ2) is 9.75. The Balaban J connectivity index is 1.61. The summed E-state index contributed by atoms with van der Waals surface area (Å²) in [6.07, 6.45) is -0.998. The van der Waals surface area contributed by atoms with E-state index in [-0.39, 0.29) is 31.3 Å². The molecule has 0 N–H and O–H groups in total. The SMILES string of the molecule is CCOC(=O)c1ccc(N2C[C@H](C(=O)O[C@@H](C)C(=O)c3ccc(Cl)cc3)CC2=O)cc1. The Morgan fingerprint density at radius 1 is 1.06 bits per heavy atom. The van der Waals surface area contributed by atoms with Crippen molar-refractivity contribution in [2.24, 2.45) is 5.92 Å². The minimum absolute atomic E-state index is 0.0136. The fourth-order valence-electron chi connectivity index (χ4n) is 3.28. The van der Waals surface area contributed by atoms with Gasteiger partial charge in [0.05, 0.1) is 18.1 Å². The molecule has 2 aromatic rings. The van der Waals surface area contributed by atoms with Crippen molar-refractivity contribution >= 4 is 40.9 Å². The summed E-state index contributed by atoms with van der Waals surface area (Å²) in [6, 6.07) is 12.7. The number of nitrogens with zero attached hydrogens (tertiary/aromatic N) is 1. The van der Waals surface area contributed by atoms with Crippen LogP contribution in [0.15, 0.2) is 48.5 Å². The average Bonchev–Trinajstić information content (AvgIpc) is 3.16. The summed E-state index contributed by atoms with van der Waals surface area (Å²) in [7, 11) is 0. The smallest absolute Gasteiger partial charge is 0.338 e. The third kappa shape index (κ3) is 5.30. The van der Waals surface area contributed by atoms with Crippen LogP contribution in [0.5, 0.6) is 0 Å². The van der Waals surface area contributed by atoms with Crippen molar-refractivity contribution in [2.45, 2.75) is 26.4 Å². The van der Waals surface area contributed by atoms with Crippen molar-refractivity contribution < 1.29 is 28.7 Å². The number of halogens is 1. The number of ether oxygens (including phenoxy) is 2. The molecule has 0 aromatic heterocycles. The summed E-state index contributed by atoms with van der Waals surface area (Å²) in [6.45, 7) is 3.63. The number of hydrogen-bond acceptors (Lipinski definition) is 6. The molecule has 2 aromatic carbocycles. The molecule has 1 aliphatic rings. The van der Waals surface area contributed by atoms with Crippen LogP contribution in [0.4, 0.5) is 5.69 Å². The van der Waals surface area contributed by atoms with Crippen molar-refractivity contribution in [2.75, 3.05) is 18.1 Å². The fraction of sp³-hybridized carbons (Fsp3) is 0.304. The Labute approximate surface area is 184 Å². The highest BCUT2D eigenvalue weighted by Crippen LogP contribution is 2.27. The molecule has 1 heterocycles. The number of esters is 2. The highest BCUT2D eigenvalue weighted by atomic mass is 35.5. The average molecular weight is 444 g/mol. The normalized spacial score (nSPS) is 16.7. The van der Waals surface area contributed by atoms with Gasteiger partial charge >= 0.3 is 11.9 Å². The van der Waals surface area contributed by atoms with Gasteiger partial charge in [-0.3, -0.25) is 14.4 Å². The number of carbonyl (C=O) groups is 4. The van der Waals surface area contributed by atoms with E-state index in [4.69, 9.17) is 21.1 Å². The van der Waals surface area contributed by atoms with Crippen molar-refractivity contribution in [1.82, 2.24) is 0 Å². The standard InChI is InChI=1S/C23H22ClNO6/c1-3-30-22(28)16-6-10-19(11-7-16)25-13-17(12-20(25)26)23(29)31-14(2)21(27)15-4-8-18(24)9-5-15/h4-11,14,17H,3,12-13H2,1-2H3/t14-,17+/m0/s1. The highest BCUT2D eigenvalue weighted by molar-refractivity contribution is 6.30. The van der Waals surface area contributed by atoms with E-state index in [2.05, 4.69) is 0 Å². The fourth-order valence-corrected chi connectivity index (χ4v) is 3.41. The molecule has 0 aliphatic carbocycles. The Hall–Kier alpha value is -3.19. The van der Waals surface area contributed by atoms with Crippen LogP contribution in [0.1, 0.15) is 41.0 Å². The minimum atomic E-state index is -0.985. The van der Waals surface area contributed by atoms with Gasteiger partial charge < -0.3 is 14.4 Å². The van der Waals surface area contributed by atoms with Crippen LogP contribution in [0.3, 0.4) is 0 Å². The third-order valence-electron chi connectivity index (χ3n) is 4.94. The number of amides is 1. The third-order valence-corrected chi connectivity index (χ3v) is 5.19. The lowest BCUT2D eigenvalue weighted by Gasteiger charge is -2.18. The van der Waals surface area contributed by atoms with Crippen molar-refractivity contribution in [3.8, 4) is 0 Å². The molecule has 31 heavy (non-hydrogen) atoms. The van der Waals surface area contributed by atoms with E-state index < -0.39 is 24.0 Å². The topological polar surface area (TPSA) is 90.0 Å². The zero-order valence-electron chi connectivity index (χ0n) is 17.2. The van der Waals surface area contributed by atoms with Crippen LogP contribution in [-0.4, -0.2) is 42.9 Å². The van der Waals surface area contributed by atoms with Gasteiger partial charge in [0.1, 0.15) is 0 Å². The molecule has 7 nitrogen and oxygen atoms in total. The number of hydrogen-bond donors (Lipinski definition) is 0. The van der Waals surface area contributed by atoms with Crippen LogP contribution in [0.2, 0.25) is 5.02 Å². The monoisotopic (exact) mass is 443 g/mol. The first kappa shape index (κ1) is 22.5. The lowest BCUT2D eigenvalue weighted by molar-refractivity contribution is -0.151. The van der Waals surface area contributed by atoms with Gasteiger partial charge in [-0.1, -0.05) is 11.6 Å². The van der Waals surface area contributed by atoms with Gasteiger partial charge in [0, 0.05) is 29.2 Å². The van der Waals surface area contributed by atoms with E-state index in [0.717, 1.165) is 0 Å². The number of ketones is 1. The van der Waals surface area contributed by atoms with Gasteiger partial charge in [-0.25, -0.2) is 4.79 Å². The number of benzene rings is 2. The van der Waals surface area contributed by atoms with Crippen molar-refractivity contribution in [1.29, 1.82) is 0 Å². The predicted molar refractivity (Wildman–Crippen MR) is 114 cm³/mol. The van der Waals surface area contributed by atoms with E-state index in [1.165, 1.54) is 11.8 Å². The molecule has 162 valence electrons. The second-order valence-corrected chi connectivity index (χ2v) is 7.56. The maximum atomic E-state index is 12.5. The highest BCUT2D eigenvalue weighted by Gasteiger charge is 2.37. The summed E-state index contributed by atoms with van der Waals surface area (Å²) in [4.78, 5) is 50.7. The van der Waals surface area contributed by atoms with E-state index in [1.807, 2.05) is 0 Å². The summed E-state index contributed by atoms with van der Waals surface area (Å²) >= 11 is 5.83. The van der Waals surface area contributed by atoms with Gasteiger partial charge in [-0.15, -0.1) is 0 Å².